The Morgan fingerprint density at radius 1 is 1.06 bits per heavy atom. The number of hydrogen-bond donors (Lipinski definition) is 4. The Morgan fingerprint density at radius 3 is 2.44 bits per heavy atom. The molecule has 0 saturated heterocycles. The molecule has 4 N–H and O–H groups in total. The van der Waals surface area contributed by atoms with Crippen LogP contribution in [0.1, 0.15) is 5.56 Å². The number of hydrogen-bond acceptors (Lipinski definition) is 6. The van der Waals surface area contributed by atoms with E-state index in [4.69, 9.17) is 21.4 Å². The number of urea groups is 1. The first kappa shape index (κ1) is 23.1. The van der Waals surface area contributed by atoms with Gasteiger partial charge in [0.15, 0.2) is 0 Å². The number of alkyl halides is 3. The zero-order valence-electron chi connectivity index (χ0n) is 16.3. The standard InChI is InChI=1S/C20H17ClF3N5O3/c21-16-6-3-13(11-15(16)20(22,23)24)28-19(31)27-12-1-4-14(5-2-12)32-17-7-8-25-18(29-17)26-9-10-30/h1-8,11,30H,9-10H2,(H,25,26,29)(H2,27,28,31). The van der Waals surface area contributed by atoms with Crippen molar-refractivity contribution in [2.75, 3.05) is 29.1 Å². The number of ether oxygens (including phenoxy) is 1. The van der Waals surface area contributed by atoms with E-state index in [-0.39, 0.29) is 18.2 Å². The summed E-state index contributed by atoms with van der Waals surface area (Å²) in [5.74, 6) is 0.986. The molecule has 0 aliphatic rings. The minimum atomic E-state index is -4.64. The number of aliphatic hydroxyl groups excluding tert-OH is 1. The molecule has 168 valence electrons. The second kappa shape index (κ2) is 10.2. The van der Waals surface area contributed by atoms with Crippen molar-refractivity contribution >= 4 is 35.0 Å². The van der Waals surface area contributed by atoms with Gasteiger partial charge in [0.1, 0.15) is 5.75 Å². The Morgan fingerprint density at radius 2 is 1.75 bits per heavy atom. The lowest BCUT2D eigenvalue weighted by Gasteiger charge is -2.12. The summed E-state index contributed by atoms with van der Waals surface area (Å²) in [6.45, 7) is 0.220. The number of benzene rings is 2. The van der Waals surface area contributed by atoms with Crippen LogP contribution in [-0.4, -0.2) is 34.3 Å². The molecule has 0 bridgehead atoms. The van der Waals surface area contributed by atoms with Crippen molar-refractivity contribution < 1.29 is 27.8 Å². The maximum absolute atomic E-state index is 12.9. The van der Waals surface area contributed by atoms with Crippen LogP contribution in [0.4, 0.5) is 35.3 Å². The fourth-order valence-electron chi connectivity index (χ4n) is 2.49. The second-order valence-corrected chi connectivity index (χ2v) is 6.67. The molecule has 0 atom stereocenters. The van der Waals surface area contributed by atoms with Gasteiger partial charge in [-0.25, -0.2) is 9.78 Å². The molecule has 1 aromatic heterocycles. The van der Waals surface area contributed by atoms with Crippen LogP contribution in [-0.2, 0) is 6.18 Å². The number of aromatic nitrogens is 2. The van der Waals surface area contributed by atoms with Crippen molar-refractivity contribution in [2.24, 2.45) is 0 Å². The molecule has 0 aliphatic heterocycles. The summed E-state index contributed by atoms with van der Waals surface area (Å²) in [7, 11) is 0. The number of amides is 2. The van der Waals surface area contributed by atoms with Crippen molar-refractivity contribution in [2.45, 2.75) is 6.18 Å². The topological polar surface area (TPSA) is 108 Å². The van der Waals surface area contributed by atoms with Crippen LogP contribution in [0.3, 0.4) is 0 Å². The molecular weight excluding hydrogens is 451 g/mol. The first-order valence-electron chi connectivity index (χ1n) is 9.15. The van der Waals surface area contributed by atoms with Gasteiger partial charge in [0.05, 0.1) is 17.2 Å². The van der Waals surface area contributed by atoms with Crippen LogP contribution in [0, 0.1) is 0 Å². The third-order valence-corrected chi connectivity index (χ3v) is 4.22. The van der Waals surface area contributed by atoms with Gasteiger partial charge < -0.3 is 25.8 Å². The molecule has 0 aliphatic carbocycles. The molecule has 32 heavy (non-hydrogen) atoms. The minimum absolute atomic E-state index is 0.0615. The molecule has 0 spiro atoms. The Labute approximate surface area is 185 Å². The van der Waals surface area contributed by atoms with E-state index >= 15 is 0 Å². The number of carbonyl (C=O) groups is 1. The zero-order valence-corrected chi connectivity index (χ0v) is 17.0. The lowest BCUT2D eigenvalue weighted by Crippen LogP contribution is -2.19. The van der Waals surface area contributed by atoms with Crippen molar-refractivity contribution in [3.63, 3.8) is 0 Å². The summed E-state index contributed by atoms with van der Waals surface area (Å²) in [6, 6.07) is 10.1. The summed E-state index contributed by atoms with van der Waals surface area (Å²) >= 11 is 5.57. The molecule has 12 heteroatoms. The zero-order chi connectivity index (χ0) is 23.1. The smallest absolute Gasteiger partial charge is 0.417 e. The van der Waals surface area contributed by atoms with Gasteiger partial charge >= 0.3 is 12.2 Å². The molecule has 8 nitrogen and oxygen atoms in total. The normalized spacial score (nSPS) is 11.0. The maximum atomic E-state index is 12.9. The number of nitrogens with zero attached hydrogens (tertiary/aromatic N) is 2. The fraction of sp³-hybridized carbons (Fsp3) is 0.150. The van der Waals surface area contributed by atoms with E-state index in [9.17, 15) is 18.0 Å². The highest BCUT2D eigenvalue weighted by Gasteiger charge is 2.33. The highest BCUT2D eigenvalue weighted by Crippen LogP contribution is 2.36. The van der Waals surface area contributed by atoms with E-state index in [0.717, 1.165) is 12.1 Å². The predicted molar refractivity (Wildman–Crippen MR) is 113 cm³/mol. The van der Waals surface area contributed by atoms with Crippen molar-refractivity contribution in [3.05, 3.63) is 65.3 Å². The Balaban J connectivity index is 1.59. The average Bonchev–Trinajstić information content (AvgIpc) is 2.74. The van der Waals surface area contributed by atoms with E-state index in [0.29, 0.717) is 23.9 Å². The van der Waals surface area contributed by atoms with Crippen LogP contribution >= 0.6 is 11.6 Å². The molecule has 0 fully saturated rings. The monoisotopic (exact) mass is 467 g/mol. The largest absolute Gasteiger partial charge is 0.439 e. The summed E-state index contributed by atoms with van der Waals surface area (Å²) in [6.07, 6.45) is -3.15. The minimum Gasteiger partial charge on any atom is -0.439 e. The van der Waals surface area contributed by atoms with Crippen LogP contribution in [0.5, 0.6) is 11.6 Å². The Kier molecular flexibility index (Phi) is 7.33. The maximum Gasteiger partial charge on any atom is 0.417 e. The van der Waals surface area contributed by atoms with E-state index in [2.05, 4.69) is 25.9 Å². The van der Waals surface area contributed by atoms with Crippen molar-refractivity contribution in [3.8, 4) is 11.6 Å². The van der Waals surface area contributed by atoms with E-state index in [1.54, 1.807) is 30.3 Å². The summed E-state index contributed by atoms with van der Waals surface area (Å²) < 4.78 is 44.4. The number of aliphatic hydroxyl groups is 1. The van der Waals surface area contributed by atoms with Crippen molar-refractivity contribution in [1.29, 1.82) is 0 Å². The van der Waals surface area contributed by atoms with E-state index in [1.165, 1.54) is 12.3 Å². The van der Waals surface area contributed by atoms with Crippen LogP contribution < -0.4 is 20.7 Å². The fourth-order valence-corrected chi connectivity index (χ4v) is 2.72. The van der Waals surface area contributed by atoms with Gasteiger partial charge in [0.25, 0.3) is 0 Å². The number of halogens is 4. The summed E-state index contributed by atoms with van der Waals surface area (Å²) in [5.41, 5.74) is -0.723. The van der Waals surface area contributed by atoms with Gasteiger partial charge in [-0.3, -0.25) is 0 Å². The van der Waals surface area contributed by atoms with Crippen LogP contribution in [0.15, 0.2) is 54.7 Å². The van der Waals surface area contributed by atoms with Gasteiger partial charge in [-0.2, -0.15) is 18.2 Å². The number of nitrogens with one attached hydrogen (secondary N) is 3. The first-order chi connectivity index (χ1) is 15.2. The van der Waals surface area contributed by atoms with Gasteiger partial charge in [0.2, 0.25) is 11.8 Å². The van der Waals surface area contributed by atoms with Gasteiger partial charge in [0, 0.05) is 30.2 Å². The molecule has 0 saturated carbocycles. The molecule has 1 heterocycles. The molecular formula is C20H17ClF3N5O3. The number of rotatable bonds is 7. The highest BCUT2D eigenvalue weighted by molar-refractivity contribution is 6.31. The van der Waals surface area contributed by atoms with Gasteiger partial charge in [-0.15, -0.1) is 0 Å². The highest BCUT2D eigenvalue weighted by atomic mass is 35.5. The average molecular weight is 468 g/mol. The molecule has 0 unspecified atom stereocenters. The van der Waals surface area contributed by atoms with Gasteiger partial charge in [-0.1, -0.05) is 11.6 Å². The molecule has 3 rings (SSSR count). The molecule has 2 aromatic carbocycles. The Bertz CT molecular complexity index is 1080. The second-order valence-electron chi connectivity index (χ2n) is 6.27. The van der Waals surface area contributed by atoms with E-state index in [1.807, 2.05) is 0 Å². The third kappa shape index (κ3) is 6.46. The van der Waals surface area contributed by atoms with E-state index < -0.39 is 22.8 Å². The van der Waals surface area contributed by atoms with Crippen LogP contribution in [0.25, 0.3) is 0 Å². The molecule has 3 aromatic rings. The SMILES string of the molecule is O=C(Nc1ccc(Oc2ccnc(NCCO)n2)cc1)Nc1ccc(Cl)c(C(F)(F)F)c1. The summed E-state index contributed by atoms with van der Waals surface area (Å²) in [4.78, 5) is 20.2. The first-order valence-corrected chi connectivity index (χ1v) is 9.53. The quantitative estimate of drug-likeness (QED) is 0.390. The lowest BCUT2D eigenvalue weighted by molar-refractivity contribution is -0.137. The van der Waals surface area contributed by atoms with Gasteiger partial charge in [-0.05, 0) is 42.5 Å². The molecule has 0 radical (unpaired) electrons. The Hall–Kier alpha value is -3.57. The number of carbonyl (C=O) groups excluding carboxylic acids is 1. The molecule has 2 amide bonds. The van der Waals surface area contributed by atoms with Crippen LogP contribution in [0.2, 0.25) is 5.02 Å². The van der Waals surface area contributed by atoms with Crippen molar-refractivity contribution in [1.82, 2.24) is 9.97 Å². The number of anilines is 3. The lowest BCUT2D eigenvalue weighted by atomic mass is 10.2. The predicted octanol–water partition coefficient (Wildman–Crippen LogP) is 4.99. The summed E-state index contributed by atoms with van der Waals surface area (Å²) in [5, 5.41) is 16.0. The third-order valence-electron chi connectivity index (χ3n) is 3.89.